The fourth-order valence-corrected chi connectivity index (χ4v) is 4.61. The van der Waals surface area contributed by atoms with Gasteiger partial charge in [0.1, 0.15) is 6.04 Å². The van der Waals surface area contributed by atoms with Gasteiger partial charge in [0.25, 0.3) is 11.7 Å². The second-order valence-electron chi connectivity index (χ2n) is 8.16. The second-order valence-corrected chi connectivity index (χ2v) is 8.16. The highest BCUT2D eigenvalue weighted by Gasteiger charge is 2.39. The minimum Gasteiger partial charge on any atom is -0.341 e. The molecule has 30 heavy (non-hydrogen) atoms. The molecule has 1 aromatic carbocycles. The predicted octanol–water partition coefficient (Wildman–Crippen LogP) is 2.68. The van der Waals surface area contributed by atoms with Gasteiger partial charge in [-0.15, -0.1) is 0 Å². The van der Waals surface area contributed by atoms with Crippen LogP contribution in [0.25, 0.3) is 5.69 Å². The van der Waals surface area contributed by atoms with Crippen molar-refractivity contribution in [3.63, 3.8) is 0 Å². The lowest BCUT2D eigenvalue weighted by atomic mass is 9.98. The number of nitrogens with zero attached hydrogens (tertiary/aromatic N) is 4. The van der Waals surface area contributed by atoms with Crippen molar-refractivity contribution >= 4 is 17.6 Å². The first kappa shape index (κ1) is 20.3. The third-order valence-corrected chi connectivity index (χ3v) is 6.18. The maximum atomic E-state index is 13.3. The Bertz CT molecular complexity index is 960. The van der Waals surface area contributed by atoms with Crippen molar-refractivity contribution in [3.8, 4) is 5.69 Å². The lowest BCUT2D eigenvalue weighted by Crippen LogP contribution is -2.54. The van der Waals surface area contributed by atoms with Gasteiger partial charge in [-0.3, -0.25) is 14.4 Å². The van der Waals surface area contributed by atoms with Gasteiger partial charge in [-0.2, -0.15) is 5.10 Å². The smallest absolute Gasteiger partial charge is 0.295 e. The van der Waals surface area contributed by atoms with E-state index in [1.807, 2.05) is 35.2 Å². The monoisotopic (exact) mass is 408 g/mol. The highest BCUT2D eigenvalue weighted by molar-refractivity contribution is 6.43. The van der Waals surface area contributed by atoms with Gasteiger partial charge in [-0.25, -0.2) is 4.68 Å². The minimum absolute atomic E-state index is 0.0122. The Labute approximate surface area is 176 Å². The number of carbonyl (C=O) groups excluding carboxylic acids is 3. The highest BCUT2D eigenvalue weighted by atomic mass is 16.2. The van der Waals surface area contributed by atoms with Crippen LogP contribution in [0.5, 0.6) is 0 Å². The number of aryl methyl sites for hydroxylation is 1. The van der Waals surface area contributed by atoms with Crippen molar-refractivity contribution in [2.24, 2.45) is 0 Å². The summed E-state index contributed by atoms with van der Waals surface area (Å²) < 4.78 is 1.69. The van der Waals surface area contributed by atoms with Gasteiger partial charge in [-0.1, -0.05) is 18.2 Å². The number of amides is 2. The molecule has 0 radical (unpaired) electrons. The molecule has 1 atom stereocenters. The van der Waals surface area contributed by atoms with E-state index in [1.54, 1.807) is 18.5 Å². The van der Waals surface area contributed by atoms with Crippen molar-refractivity contribution in [1.29, 1.82) is 0 Å². The first-order valence-corrected chi connectivity index (χ1v) is 10.7. The van der Waals surface area contributed by atoms with Crippen LogP contribution in [0.1, 0.15) is 53.8 Å². The molecule has 2 fully saturated rings. The fourth-order valence-electron chi connectivity index (χ4n) is 4.61. The normalized spacial score (nSPS) is 19.2. The summed E-state index contributed by atoms with van der Waals surface area (Å²) in [6, 6.07) is 9.01. The summed E-state index contributed by atoms with van der Waals surface area (Å²) >= 11 is 0. The average Bonchev–Trinajstić information content (AvgIpc) is 3.41. The van der Waals surface area contributed by atoms with Gasteiger partial charge >= 0.3 is 0 Å². The van der Waals surface area contributed by atoms with Crippen LogP contribution < -0.4 is 0 Å². The molecule has 0 N–H and O–H groups in total. The molecule has 2 aromatic rings. The van der Waals surface area contributed by atoms with E-state index in [2.05, 4.69) is 5.10 Å². The number of ketones is 1. The molecule has 0 aliphatic carbocycles. The largest absolute Gasteiger partial charge is 0.341 e. The molecular weight excluding hydrogens is 380 g/mol. The Balaban J connectivity index is 1.60. The number of aromatic nitrogens is 2. The Hall–Kier alpha value is -2.96. The Morgan fingerprint density at radius 1 is 0.933 bits per heavy atom. The van der Waals surface area contributed by atoms with Crippen molar-refractivity contribution in [2.45, 2.75) is 52.0 Å². The number of piperidine rings is 1. The maximum Gasteiger partial charge on any atom is 0.295 e. The van der Waals surface area contributed by atoms with Crippen LogP contribution in [0, 0.1) is 13.8 Å². The molecule has 7 nitrogen and oxygen atoms in total. The molecule has 4 rings (SSSR count). The van der Waals surface area contributed by atoms with Crippen molar-refractivity contribution in [2.75, 3.05) is 19.6 Å². The number of rotatable bonds is 4. The van der Waals surface area contributed by atoms with Gasteiger partial charge < -0.3 is 9.80 Å². The zero-order chi connectivity index (χ0) is 21.3. The van der Waals surface area contributed by atoms with Crippen LogP contribution in [-0.2, 0) is 9.59 Å². The third kappa shape index (κ3) is 3.64. The standard InChI is InChI=1S/C23H28N4O3/c1-16-20(17(2)27(24-16)18-10-4-3-5-11-18)21(28)23(30)26-15-7-6-12-19(26)22(29)25-13-8-9-14-25/h3-5,10-11,19H,6-9,12-15H2,1-2H3. The molecule has 7 heteroatoms. The lowest BCUT2D eigenvalue weighted by molar-refractivity contribution is -0.144. The first-order valence-electron chi connectivity index (χ1n) is 10.7. The summed E-state index contributed by atoms with van der Waals surface area (Å²) in [5.74, 6) is -1.18. The van der Waals surface area contributed by atoms with Crippen LogP contribution in [0.3, 0.4) is 0 Å². The molecule has 3 heterocycles. The van der Waals surface area contributed by atoms with E-state index in [1.165, 1.54) is 4.90 Å². The van der Waals surface area contributed by atoms with Crippen LogP contribution in [-0.4, -0.2) is 62.9 Å². The molecule has 0 spiro atoms. The minimum atomic E-state index is -0.592. The quantitative estimate of drug-likeness (QED) is 0.576. The number of carbonyl (C=O) groups is 3. The van der Waals surface area contributed by atoms with E-state index in [9.17, 15) is 14.4 Å². The van der Waals surface area contributed by atoms with Crippen molar-refractivity contribution in [3.05, 3.63) is 47.3 Å². The summed E-state index contributed by atoms with van der Waals surface area (Å²) in [6.07, 6.45) is 4.33. The van der Waals surface area contributed by atoms with Gasteiger partial charge in [0.2, 0.25) is 5.91 Å². The number of Topliss-reactive ketones (excluding diaryl/α,β-unsaturated/α-hetero) is 1. The third-order valence-electron chi connectivity index (χ3n) is 6.18. The number of likely N-dealkylation sites (tertiary alicyclic amines) is 2. The molecular formula is C23H28N4O3. The number of hydrogen-bond donors (Lipinski definition) is 0. The summed E-state index contributed by atoms with van der Waals surface area (Å²) in [6.45, 7) is 5.48. The molecule has 158 valence electrons. The molecule has 2 amide bonds. The van der Waals surface area contributed by atoms with E-state index >= 15 is 0 Å². The predicted molar refractivity (Wildman–Crippen MR) is 113 cm³/mol. The van der Waals surface area contributed by atoms with Gasteiger partial charge in [0.05, 0.1) is 22.6 Å². The zero-order valence-electron chi connectivity index (χ0n) is 17.6. The first-order chi connectivity index (χ1) is 14.5. The zero-order valence-corrected chi connectivity index (χ0v) is 17.6. The number of benzene rings is 1. The van der Waals surface area contributed by atoms with E-state index in [0.717, 1.165) is 44.5 Å². The summed E-state index contributed by atoms with van der Waals surface area (Å²) in [4.78, 5) is 42.8. The van der Waals surface area contributed by atoms with E-state index in [4.69, 9.17) is 0 Å². The highest BCUT2D eigenvalue weighted by Crippen LogP contribution is 2.24. The summed E-state index contributed by atoms with van der Waals surface area (Å²) in [5.41, 5.74) is 2.33. The van der Waals surface area contributed by atoms with E-state index in [-0.39, 0.29) is 5.91 Å². The van der Waals surface area contributed by atoms with Gasteiger partial charge in [0, 0.05) is 19.6 Å². The SMILES string of the molecule is Cc1nn(-c2ccccc2)c(C)c1C(=O)C(=O)N1CCCCC1C(=O)N1CCCC1. The van der Waals surface area contributed by atoms with Crippen LogP contribution in [0.2, 0.25) is 0 Å². The average molecular weight is 409 g/mol. The maximum absolute atomic E-state index is 13.3. The number of para-hydroxylation sites is 1. The van der Waals surface area contributed by atoms with E-state index in [0.29, 0.717) is 29.9 Å². The van der Waals surface area contributed by atoms with Gasteiger partial charge in [0.15, 0.2) is 0 Å². The molecule has 1 unspecified atom stereocenters. The van der Waals surface area contributed by atoms with Crippen LogP contribution >= 0.6 is 0 Å². The Morgan fingerprint density at radius 2 is 1.60 bits per heavy atom. The molecule has 1 aromatic heterocycles. The van der Waals surface area contributed by atoms with Crippen molar-refractivity contribution < 1.29 is 14.4 Å². The van der Waals surface area contributed by atoms with Crippen molar-refractivity contribution in [1.82, 2.24) is 19.6 Å². The topological polar surface area (TPSA) is 75.5 Å². The molecule has 2 saturated heterocycles. The van der Waals surface area contributed by atoms with Crippen LogP contribution in [0.4, 0.5) is 0 Å². The molecule has 2 aliphatic rings. The number of hydrogen-bond acceptors (Lipinski definition) is 4. The molecule has 0 bridgehead atoms. The lowest BCUT2D eigenvalue weighted by Gasteiger charge is -2.36. The summed E-state index contributed by atoms with van der Waals surface area (Å²) in [7, 11) is 0. The Morgan fingerprint density at radius 3 is 2.30 bits per heavy atom. The Kier molecular flexibility index (Phi) is 5.70. The second kappa shape index (κ2) is 8.42. The van der Waals surface area contributed by atoms with Gasteiger partial charge in [-0.05, 0) is 58.1 Å². The fraction of sp³-hybridized carbons (Fsp3) is 0.478. The van der Waals surface area contributed by atoms with Crippen LogP contribution in [0.15, 0.2) is 30.3 Å². The van der Waals surface area contributed by atoms with E-state index < -0.39 is 17.7 Å². The molecule has 0 saturated carbocycles. The summed E-state index contributed by atoms with van der Waals surface area (Å²) in [5, 5.41) is 4.50. The molecule has 2 aliphatic heterocycles.